The largest absolute Gasteiger partial charge is 0.490 e. The maximum absolute atomic E-state index is 12.9. The maximum Gasteiger partial charge on any atom is 0.490 e. The van der Waals surface area contributed by atoms with Gasteiger partial charge in [-0.25, -0.2) is 4.79 Å². The van der Waals surface area contributed by atoms with Gasteiger partial charge in [0.2, 0.25) is 5.91 Å². The highest BCUT2D eigenvalue weighted by molar-refractivity contribution is 5.79. The summed E-state index contributed by atoms with van der Waals surface area (Å²) < 4.78 is 43.9. The Morgan fingerprint density at radius 3 is 2.42 bits per heavy atom. The minimum absolute atomic E-state index is 0.0333. The second-order valence-electron chi connectivity index (χ2n) is 8.00. The summed E-state index contributed by atoms with van der Waals surface area (Å²) in [5.41, 5.74) is 1.13. The molecule has 172 valence electrons. The number of pyridine rings is 1. The number of aliphatic carboxylic acids is 1. The van der Waals surface area contributed by atoms with Gasteiger partial charge in [0.15, 0.2) is 0 Å². The molecule has 3 atom stereocenters. The Labute approximate surface area is 178 Å². The van der Waals surface area contributed by atoms with Gasteiger partial charge >= 0.3 is 12.1 Å². The van der Waals surface area contributed by atoms with Crippen LogP contribution in [0.15, 0.2) is 24.5 Å². The third-order valence-corrected chi connectivity index (χ3v) is 5.98. The number of carbonyl (C=O) groups excluding carboxylic acids is 1. The summed E-state index contributed by atoms with van der Waals surface area (Å²) in [6.07, 6.45) is 5.10. The molecule has 1 aliphatic heterocycles. The van der Waals surface area contributed by atoms with E-state index in [0.29, 0.717) is 19.1 Å². The van der Waals surface area contributed by atoms with Gasteiger partial charge in [-0.15, -0.1) is 0 Å². The molecule has 0 unspecified atom stereocenters. The summed E-state index contributed by atoms with van der Waals surface area (Å²) in [5, 5.41) is 7.12. The van der Waals surface area contributed by atoms with E-state index in [9.17, 15) is 18.0 Å². The van der Waals surface area contributed by atoms with Crippen molar-refractivity contribution >= 4 is 11.9 Å². The van der Waals surface area contributed by atoms with Crippen molar-refractivity contribution < 1.29 is 37.3 Å². The molecule has 10 heteroatoms. The number of carboxylic acid groups (broad SMARTS) is 1. The molecule has 2 aliphatic carbocycles. The van der Waals surface area contributed by atoms with Crippen LogP contribution in [0.3, 0.4) is 0 Å². The quantitative estimate of drug-likeness (QED) is 0.768. The molecule has 3 aliphatic rings. The van der Waals surface area contributed by atoms with Crippen molar-refractivity contribution in [3.63, 3.8) is 0 Å². The number of fused-ring (bicyclic) bond motifs is 1. The van der Waals surface area contributed by atoms with Gasteiger partial charge in [-0.05, 0) is 43.4 Å². The Morgan fingerprint density at radius 1 is 1.16 bits per heavy atom. The van der Waals surface area contributed by atoms with Crippen LogP contribution in [0.4, 0.5) is 13.2 Å². The van der Waals surface area contributed by atoms with Gasteiger partial charge in [-0.1, -0.05) is 12.8 Å². The normalized spacial score (nSPS) is 26.2. The maximum atomic E-state index is 12.9. The molecule has 0 spiro atoms. The van der Waals surface area contributed by atoms with Crippen molar-refractivity contribution in [1.82, 2.24) is 9.88 Å². The topological polar surface area (TPSA) is 89.0 Å². The van der Waals surface area contributed by atoms with E-state index >= 15 is 0 Å². The number of rotatable bonds is 4. The van der Waals surface area contributed by atoms with Crippen molar-refractivity contribution in [2.24, 2.45) is 5.92 Å². The Balaban J connectivity index is 0.000000339. The molecule has 4 rings (SSSR count). The van der Waals surface area contributed by atoms with Gasteiger partial charge in [0.25, 0.3) is 0 Å². The second-order valence-corrected chi connectivity index (χ2v) is 8.00. The molecule has 31 heavy (non-hydrogen) atoms. The molecule has 7 nitrogen and oxygen atoms in total. The first kappa shape index (κ1) is 23.5. The average molecular weight is 444 g/mol. The van der Waals surface area contributed by atoms with Gasteiger partial charge in [-0.2, -0.15) is 13.2 Å². The lowest BCUT2D eigenvalue weighted by molar-refractivity contribution is -0.192. The van der Waals surface area contributed by atoms with Crippen molar-refractivity contribution in [1.29, 1.82) is 0 Å². The molecule has 1 amide bonds. The van der Waals surface area contributed by atoms with Crippen LogP contribution in [0.5, 0.6) is 0 Å². The second kappa shape index (κ2) is 10.4. The van der Waals surface area contributed by atoms with Crippen molar-refractivity contribution in [2.45, 2.75) is 69.6 Å². The van der Waals surface area contributed by atoms with Crippen LogP contribution < -0.4 is 0 Å². The fourth-order valence-corrected chi connectivity index (χ4v) is 4.46. The Hall–Kier alpha value is -2.20. The van der Waals surface area contributed by atoms with Gasteiger partial charge in [0, 0.05) is 24.9 Å². The highest BCUT2D eigenvalue weighted by atomic mass is 19.4. The molecule has 2 heterocycles. The SMILES string of the molecule is O=C(C1CCCC1)N1CCO[C@H]2[C@@H](OCc3ccncc3)CC[C@@H]21.O=C(O)C(F)(F)F. The van der Waals surface area contributed by atoms with Crippen LogP contribution in [0.1, 0.15) is 44.1 Å². The van der Waals surface area contributed by atoms with Crippen LogP contribution in [0.25, 0.3) is 0 Å². The van der Waals surface area contributed by atoms with Gasteiger partial charge < -0.3 is 19.5 Å². The number of ether oxygens (including phenoxy) is 2. The van der Waals surface area contributed by atoms with E-state index in [1.807, 2.05) is 12.1 Å². The van der Waals surface area contributed by atoms with E-state index in [1.54, 1.807) is 12.4 Å². The molecule has 0 aromatic carbocycles. The highest BCUT2D eigenvalue weighted by Crippen LogP contribution is 2.35. The molecular weight excluding hydrogens is 417 g/mol. The highest BCUT2D eigenvalue weighted by Gasteiger charge is 2.46. The fraction of sp³-hybridized carbons (Fsp3) is 0.667. The summed E-state index contributed by atoms with van der Waals surface area (Å²) in [7, 11) is 0. The number of amides is 1. The summed E-state index contributed by atoms with van der Waals surface area (Å²) in [5.74, 6) is -2.14. The summed E-state index contributed by atoms with van der Waals surface area (Å²) >= 11 is 0. The lowest BCUT2D eigenvalue weighted by Gasteiger charge is -2.40. The number of carbonyl (C=O) groups is 2. The van der Waals surface area contributed by atoms with E-state index < -0.39 is 12.1 Å². The number of aromatic nitrogens is 1. The Bertz CT molecular complexity index is 740. The van der Waals surface area contributed by atoms with Crippen molar-refractivity contribution in [3.8, 4) is 0 Å². The minimum Gasteiger partial charge on any atom is -0.475 e. The van der Waals surface area contributed by atoms with Gasteiger partial charge in [-0.3, -0.25) is 9.78 Å². The van der Waals surface area contributed by atoms with E-state index in [0.717, 1.165) is 37.8 Å². The number of hydrogen-bond donors (Lipinski definition) is 1. The van der Waals surface area contributed by atoms with E-state index in [2.05, 4.69) is 9.88 Å². The number of halogens is 3. The van der Waals surface area contributed by atoms with Crippen LogP contribution in [-0.4, -0.2) is 64.4 Å². The van der Waals surface area contributed by atoms with Crippen molar-refractivity contribution in [2.75, 3.05) is 13.2 Å². The Morgan fingerprint density at radius 2 is 1.81 bits per heavy atom. The number of alkyl halides is 3. The van der Waals surface area contributed by atoms with Crippen LogP contribution in [-0.2, 0) is 25.7 Å². The number of nitrogens with zero attached hydrogens (tertiary/aromatic N) is 2. The first-order valence-electron chi connectivity index (χ1n) is 10.5. The molecule has 1 aromatic rings. The van der Waals surface area contributed by atoms with Crippen LogP contribution >= 0.6 is 0 Å². The Kier molecular flexibility index (Phi) is 7.88. The number of morpholine rings is 1. The zero-order chi connectivity index (χ0) is 22.4. The standard InChI is InChI=1S/C19H26N2O3.C2HF3O2/c22-19(15-3-1-2-4-15)21-11-12-23-18-16(21)5-6-17(18)24-13-14-7-9-20-10-8-14;3-2(4,5)1(6)7/h7-10,15-18H,1-6,11-13H2;(H,6,7)/t16-,17-,18+;/m0./s1. The van der Waals surface area contributed by atoms with E-state index in [4.69, 9.17) is 19.4 Å². The molecule has 1 saturated heterocycles. The van der Waals surface area contributed by atoms with Gasteiger partial charge in [0.1, 0.15) is 6.10 Å². The van der Waals surface area contributed by atoms with Crippen molar-refractivity contribution in [3.05, 3.63) is 30.1 Å². The average Bonchev–Trinajstić information content (AvgIpc) is 3.42. The molecule has 3 fully saturated rings. The molecule has 0 radical (unpaired) electrons. The summed E-state index contributed by atoms with van der Waals surface area (Å²) in [6.45, 7) is 1.96. The zero-order valence-electron chi connectivity index (χ0n) is 17.1. The van der Waals surface area contributed by atoms with E-state index in [-0.39, 0.29) is 24.2 Å². The smallest absolute Gasteiger partial charge is 0.475 e. The third-order valence-electron chi connectivity index (χ3n) is 5.98. The molecular formula is C21H27F3N2O5. The molecule has 1 aromatic heterocycles. The lowest BCUT2D eigenvalue weighted by atomic mass is 10.0. The third kappa shape index (κ3) is 6.16. The number of hydrogen-bond acceptors (Lipinski definition) is 5. The predicted octanol–water partition coefficient (Wildman–Crippen LogP) is 3.18. The predicted molar refractivity (Wildman–Crippen MR) is 103 cm³/mol. The molecule has 0 bridgehead atoms. The summed E-state index contributed by atoms with van der Waals surface area (Å²) in [4.78, 5) is 27.9. The molecule has 2 saturated carbocycles. The minimum atomic E-state index is -5.08. The lowest BCUT2D eigenvalue weighted by Crippen LogP contribution is -2.55. The monoisotopic (exact) mass is 444 g/mol. The van der Waals surface area contributed by atoms with Crippen LogP contribution in [0.2, 0.25) is 0 Å². The van der Waals surface area contributed by atoms with Gasteiger partial charge in [0.05, 0.1) is 25.4 Å². The van der Waals surface area contributed by atoms with Crippen LogP contribution in [0, 0.1) is 5.92 Å². The first-order valence-corrected chi connectivity index (χ1v) is 10.5. The summed E-state index contributed by atoms with van der Waals surface area (Å²) in [6, 6.07) is 4.16. The molecule has 1 N–H and O–H groups in total. The fourth-order valence-electron chi connectivity index (χ4n) is 4.46. The number of carboxylic acids is 1. The first-order chi connectivity index (χ1) is 14.8. The zero-order valence-corrected chi connectivity index (χ0v) is 17.1. The van der Waals surface area contributed by atoms with E-state index in [1.165, 1.54) is 12.8 Å².